The molecule has 0 bridgehead atoms. The van der Waals surface area contributed by atoms with Crippen LogP contribution in [-0.4, -0.2) is 17.2 Å². The zero-order valence-electron chi connectivity index (χ0n) is 11.7. The number of amides is 1. The number of carbonyl (C=O) groups is 1. The van der Waals surface area contributed by atoms with Crippen molar-refractivity contribution in [3.8, 4) is 5.75 Å². The van der Waals surface area contributed by atoms with Crippen LogP contribution >= 0.6 is 0 Å². The topological polar surface area (TPSA) is 61.7 Å². The number of benzene rings is 3. The van der Waals surface area contributed by atoms with Gasteiger partial charge in [-0.25, -0.2) is 5.43 Å². The molecule has 0 unspecified atom stereocenters. The van der Waals surface area contributed by atoms with E-state index in [1.54, 1.807) is 18.3 Å². The van der Waals surface area contributed by atoms with E-state index >= 15 is 0 Å². The van der Waals surface area contributed by atoms with Gasteiger partial charge in [-0.1, -0.05) is 48.5 Å². The van der Waals surface area contributed by atoms with Gasteiger partial charge < -0.3 is 5.11 Å². The van der Waals surface area contributed by atoms with Crippen LogP contribution in [0, 0.1) is 0 Å². The number of phenols is 1. The standard InChI is InChI=1S/C18H14N2O2/c21-16-9-4-7-14(11-16)18(22)20-19-12-15-8-3-6-13-5-1-2-10-17(13)15/h1-12,21H,(H,20,22)/b19-12-. The van der Waals surface area contributed by atoms with Crippen LogP contribution in [0.15, 0.2) is 71.8 Å². The van der Waals surface area contributed by atoms with Crippen molar-refractivity contribution in [2.45, 2.75) is 0 Å². The third-order valence-corrected chi connectivity index (χ3v) is 3.30. The zero-order chi connectivity index (χ0) is 15.4. The van der Waals surface area contributed by atoms with Gasteiger partial charge >= 0.3 is 0 Å². The fraction of sp³-hybridized carbons (Fsp3) is 0. The number of hydrogen-bond acceptors (Lipinski definition) is 3. The summed E-state index contributed by atoms with van der Waals surface area (Å²) in [5, 5.41) is 15.5. The Bertz CT molecular complexity index is 851. The van der Waals surface area contributed by atoms with Crippen molar-refractivity contribution in [1.29, 1.82) is 0 Å². The number of hydrogen-bond donors (Lipinski definition) is 2. The Hall–Kier alpha value is -3.14. The van der Waals surface area contributed by atoms with Crippen molar-refractivity contribution in [2.24, 2.45) is 5.10 Å². The second-order valence-corrected chi connectivity index (χ2v) is 4.82. The minimum absolute atomic E-state index is 0.0469. The maximum absolute atomic E-state index is 11.9. The molecule has 0 radical (unpaired) electrons. The lowest BCUT2D eigenvalue weighted by molar-refractivity contribution is 0.0954. The summed E-state index contributed by atoms with van der Waals surface area (Å²) in [7, 11) is 0. The molecule has 3 aromatic rings. The van der Waals surface area contributed by atoms with E-state index in [1.807, 2.05) is 42.5 Å². The van der Waals surface area contributed by atoms with E-state index in [4.69, 9.17) is 0 Å². The van der Waals surface area contributed by atoms with Crippen molar-refractivity contribution < 1.29 is 9.90 Å². The third kappa shape index (κ3) is 2.96. The van der Waals surface area contributed by atoms with Gasteiger partial charge in [-0.2, -0.15) is 5.10 Å². The van der Waals surface area contributed by atoms with Crippen LogP contribution in [0.25, 0.3) is 10.8 Å². The van der Waals surface area contributed by atoms with Crippen LogP contribution in [0.4, 0.5) is 0 Å². The predicted molar refractivity (Wildman–Crippen MR) is 87.1 cm³/mol. The maximum atomic E-state index is 11.9. The minimum atomic E-state index is -0.368. The fourth-order valence-electron chi connectivity index (χ4n) is 2.24. The van der Waals surface area contributed by atoms with Gasteiger partial charge in [-0.3, -0.25) is 4.79 Å². The van der Waals surface area contributed by atoms with Crippen molar-refractivity contribution in [1.82, 2.24) is 5.43 Å². The van der Waals surface area contributed by atoms with Crippen molar-refractivity contribution in [2.75, 3.05) is 0 Å². The predicted octanol–water partition coefficient (Wildman–Crippen LogP) is 3.31. The first-order valence-electron chi connectivity index (χ1n) is 6.84. The molecule has 0 atom stereocenters. The normalized spacial score (nSPS) is 10.9. The van der Waals surface area contributed by atoms with Gasteiger partial charge in [0.2, 0.25) is 0 Å². The Morgan fingerprint density at radius 2 is 1.77 bits per heavy atom. The lowest BCUT2D eigenvalue weighted by Gasteiger charge is -2.02. The quantitative estimate of drug-likeness (QED) is 0.574. The summed E-state index contributed by atoms with van der Waals surface area (Å²) < 4.78 is 0. The van der Waals surface area contributed by atoms with Gasteiger partial charge in [0.25, 0.3) is 5.91 Å². The highest BCUT2D eigenvalue weighted by Crippen LogP contribution is 2.16. The van der Waals surface area contributed by atoms with Crippen molar-refractivity contribution >= 4 is 22.9 Å². The molecule has 2 N–H and O–H groups in total. The smallest absolute Gasteiger partial charge is 0.271 e. The molecular weight excluding hydrogens is 276 g/mol. The van der Waals surface area contributed by atoms with Crippen LogP contribution in [0.5, 0.6) is 5.75 Å². The fourth-order valence-corrected chi connectivity index (χ4v) is 2.24. The van der Waals surface area contributed by atoms with E-state index in [9.17, 15) is 9.90 Å². The number of aromatic hydroxyl groups is 1. The van der Waals surface area contributed by atoms with Crippen LogP contribution < -0.4 is 5.43 Å². The number of carbonyl (C=O) groups excluding carboxylic acids is 1. The van der Waals surface area contributed by atoms with E-state index < -0.39 is 0 Å². The van der Waals surface area contributed by atoms with Crippen molar-refractivity contribution in [3.63, 3.8) is 0 Å². The molecule has 0 fully saturated rings. The number of nitrogens with one attached hydrogen (secondary N) is 1. The first-order valence-corrected chi connectivity index (χ1v) is 6.84. The summed E-state index contributed by atoms with van der Waals surface area (Å²) in [5.74, 6) is -0.321. The van der Waals surface area contributed by atoms with Gasteiger partial charge in [0.05, 0.1) is 6.21 Å². The number of hydrazone groups is 1. The van der Waals surface area contributed by atoms with E-state index in [0.29, 0.717) is 5.56 Å². The monoisotopic (exact) mass is 290 g/mol. The molecule has 108 valence electrons. The van der Waals surface area contributed by atoms with Crippen LogP contribution in [0.3, 0.4) is 0 Å². The largest absolute Gasteiger partial charge is 0.508 e. The second-order valence-electron chi connectivity index (χ2n) is 4.82. The van der Waals surface area contributed by atoms with Gasteiger partial charge in [0.1, 0.15) is 5.75 Å². The number of fused-ring (bicyclic) bond motifs is 1. The molecule has 22 heavy (non-hydrogen) atoms. The Morgan fingerprint density at radius 3 is 2.64 bits per heavy atom. The van der Waals surface area contributed by atoms with Crippen LogP contribution in [-0.2, 0) is 0 Å². The Kier molecular flexibility index (Phi) is 3.83. The van der Waals surface area contributed by atoms with E-state index in [2.05, 4.69) is 10.5 Å². The van der Waals surface area contributed by atoms with E-state index in [-0.39, 0.29) is 11.7 Å². The molecule has 0 aromatic heterocycles. The van der Waals surface area contributed by atoms with Gasteiger partial charge in [-0.15, -0.1) is 0 Å². The lowest BCUT2D eigenvalue weighted by atomic mass is 10.1. The molecule has 4 heteroatoms. The summed E-state index contributed by atoms with van der Waals surface area (Å²) in [6.07, 6.45) is 1.61. The molecule has 0 aliphatic heterocycles. The highest BCUT2D eigenvalue weighted by Gasteiger charge is 2.04. The summed E-state index contributed by atoms with van der Waals surface area (Å²) in [6.45, 7) is 0. The van der Waals surface area contributed by atoms with Gasteiger partial charge in [-0.05, 0) is 29.0 Å². The Morgan fingerprint density at radius 1 is 1.00 bits per heavy atom. The highest BCUT2D eigenvalue weighted by molar-refractivity contribution is 6.00. The molecule has 1 amide bonds. The van der Waals surface area contributed by atoms with Gasteiger partial charge in [0, 0.05) is 11.1 Å². The molecule has 3 aromatic carbocycles. The Balaban J connectivity index is 1.78. The number of nitrogens with zero attached hydrogens (tertiary/aromatic N) is 1. The number of rotatable bonds is 3. The molecule has 4 nitrogen and oxygen atoms in total. The van der Waals surface area contributed by atoms with Crippen molar-refractivity contribution in [3.05, 3.63) is 77.9 Å². The molecule has 0 saturated heterocycles. The molecule has 0 saturated carbocycles. The summed E-state index contributed by atoms with van der Waals surface area (Å²) >= 11 is 0. The van der Waals surface area contributed by atoms with E-state index in [0.717, 1.165) is 16.3 Å². The first-order chi connectivity index (χ1) is 10.7. The lowest BCUT2D eigenvalue weighted by Crippen LogP contribution is -2.17. The zero-order valence-corrected chi connectivity index (χ0v) is 11.7. The summed E-state index contributed by atoms with van der Waals surface area (Å²) in [5.41, 5.74) is 3.74. The Labute approximate surface area is 127 Å². The molecular formula is C18H14N2O2. The molecule has 0 spiro atoms. The molecule has 0 aliphatic carbocycles. The third-order valence-electron chi connectivity index (χ3n) is 3.30. The highest BCUT2D eigenvalue weighted by atomic mass is 16.3. The molecule has 3 rings (SSSR count). The van der Waals surface area contributed by atoms with Crippen LogP contribution in [0.2, 0.25) is 0 Å². The minimum Gasteiger partial charge on any atom is -0.508 e. The van der Waals surface area contributed by atoms with E-state index in [1.165, 1.54) is 12.1 Å². The SMILES string of the molecule is O=C(N/N=C\c1cccc2ccccc12)c1cccc(O)c1. The van der Waals surface area contributed by atoms with Gasteiger partial charge in [0.15, 0.2) is 0 Å². The van der Waals surface area contributed by atoms with Crippen LogP contribution in [0.1, 0.15) is 15.9 Å². The molecule has 0 heterocycles. The summed E-state index contributed by atoms with van der Waals surface area (Å²) in [6, 6.07) is 20.0. The average molecular weight is 290 g/mol. The summed E-state index contributed by atoms with van der Waals surface area (Å²) in [4.78, 5) is 11.9. The second kappa shape index (κ2) is 6.10. The molecule has 0 aliphatic rings. The maximum Gasteiger partial charge on any atom is 0.271 e. The average Bonchev–Trinajstić information content (AvgIpc) is 2.55. The first kappa shape index (κ1) is 13.8. The number of phenolic OH excluding ortho intramolecular Hbond substituents is 1.